The number of hydrogen-bond acceptors (Lipinski definition) is 6. The van der Waals surface area contributed by atoms with Crippen LogP contribution in [0, 0.1) is 0 Å². The molecule has 0 aliphatic carbocycles. The molecule has 82 valence electrons. The topological polar surface area (TPSA) is 135 Å². The summed E-state index contributed by atoms with van der Waals surface area (Å²) in [7, 11) is -3.64. The van der Waals surface area contributed by atoms with Crippen molar-refractivity contribution in [3.8, 4) is 0 Å². The van der Waals surface area contributed by atoms with Crippen LogP contribution in [0.15, 0.2) is 12.2 Å². The largest absolute Gasteiger partial charge is 1.00 e. The first-order valence-corrected chi connectivity index (χ1v) is 6.76. The van der Waals surface area contributed by atoms with Gasteiger partial charge >= 0.3 is 120 Å². The Bertz CT molecular complexity index is 322. The van der Waals surface area contributed by atoms with Crippen molar-refractivity contribution in [2.75, 3.05) is 5.75 Å². The van der Waals surface area contributed by atoms with E-state index in [4.69, 9.17) is 4.55 Å². The van der Waals surface area contributed by atoms with Crippen molar-refractivity contribution in [2.45, 2.75) is 3.67 Å². The van der Waals surface area contributed by atoms with E-state index in [2.05, 4.69) is 0 Å². The maximum Gasteiger partial charge on any atom is 1.00 e. The summed E-state index contributed by atoms with van der Waals surface area (Å²) < 4.78 is 28.2. The number of rotatable bonds is 4. The minimum absolute atomic E-state index is 0. The molecule has 0 aliphatic rings. The van der Waals surface area contributed by atoms with Crippen molar-refractivity contribution >= 4 is 50.0 Å². The zero-order valence-corrected chi connectivity index (χ0v) is 16.7. The van der Waals surface area contributed by atoms with Gasteiger partial charge in [-0.3, -0.25) is 0 Å². The third-order valence-electron chi connectivity index (χ3n) is 0.818. The predicted molar refractivity (Wildman–Crippen MR) is 46.1 cm³/mol. The molecule has 0 aromatic rings. The molecule has 0 amide bonds. The van der Waals surface area contributed by atoms with E-state index >= 15 is 0 Å². The fraction of sp³-hybridized carbons (Fsp3) is 0.333. The molecule has 0 spiro atoms. The Labute approximate surface area is 161 Å². The first-order chi connectivity index (χ1) is 6.69. The standard InChI is InChI=1S/C4H4O4.C2H5O3S.3Na/c5-3(6)1-2-4(7)8;1-2-6(3,4)5;;;/h1-2H,(H,5,6)(H,7,8);1-2H2,(H,3,4,5);;;/q;;;2*+1/p-2. The maximum absolute atomic E-state index is 9.81. The van der Waals surface area contributed by atoms with Gasteiger partial charge in [0.25, 0.3) is 0 Å². The molecule has 1 N–H and O–H groups in total. The molecule has 0 rings (SSSR count). The number of carboxylic acid groups (broad SMARTS) is 2. The maximum atomic E-state index is 9.81. The number of hydrogen-bond donors (Lipinski definition) is 1. The van der Waals surface area contributed by atoms with E-state index in [1.165, 1.54) is 0 Å². The fourth-order valence-corrected chi connectivity index (χ4v) is 2.46. The molecule has 0 fully saturated rings. The van der Waals surface area contributed by atoms with E-state index in [0.29, 0.717) is 15.8 Å². The third-order valence-corrected chi connectivity index (χ3v) is 2.97. The van der Waals surface area contributed by atoms with Crippen molar-refractivity contribution in [1.29, 1.82) is 0 Å². The van der Waals surface area contributed by atoms with Crippen LogP contribution in [0.25, 0.3) is 0 Å². The molecule has 0 heterocycles. The van der Waals surface area contributed by atoms with Crippen molar-refractivity contribution in [3.05, 3.63) is 12.2 Å². The van der Waals surface area contributed by atoms with Gasteiger partial charge in [-0.25, -0.2) is 0 Å². The van der Waals surface area contributed by atoms with Gasteiger partial charge in [0.1, 0.15) is 0 Å². The summed E-state index contributed by atoms with van der Waals surface area (Å²) in [6.45, 7) is 0. The van der Waals surface area contributed by atoms with E-state index in [9.17, 15) is 28.2 Å². The second-order valence-corrected chi connectivity index (χ2v) is 4.83. The van der Waals surface area contributed by atoms with Gasteiger partial charge in [-0.2, -0.15) is 0 Å². The first-order valence-electron chi connectivity index (χ1n) is 3.74. The molecule has 0 aromatic carbocycles. The van der Waals surface area contributed by atoms with Crippen LogP contribution in [-0.2, 0) is 19.7 Å². The van der Waals surface area contributed by atoms with Gasteiger partial charge in [0, 0.05) is 0 Å². The van der Waals surface area contributed by atoms with Crippen LogP contribution in [0.3, 0.4) is 0 Å². The van der Waals surface area contributed by atoms with Gasteiger partial charge in [0.2, 0.25) is 0 Å². The summed E-state index contributed by atoms with van der Waals surface area (Å²) in [4.78, 5) is 18.8. The molecule has 7 nitrogen and oxygen atoms in total. The zero-order valence-electron chi connectivity index (χ0n) is 9.87. The van der Waals surface area contributed by atoms with Crippen LogP contribution >= 0.6 is 0 Å². The minimum Gasteiger partial charge on any atom is 1.00 e. The second-order valence-electron chi connectivity index (χ2n) is 2.26. The van der Waals surface area contributed by atoms with Crippen LogP contribution in [0.4, 0.5) is 0 Å². The van der Waals surface area contributed by atoms with Gasteiger partial charge in [-0.15, -0.1) is 0 Å². The Hall–Kier alpha value is 1.59. The van der Waals surface area contributed by atoms with Crippen molar-refractivity contribution in [1.82, 2.24) is 0 Å². The van der Waals surface area contributed by atoms with E-state index in [1.54, 1.807) is 0 Å². The smallest absolute Gasteiger partial charge is 1.00 e. The molecule has 0 atom stereocenters. The molecular weight excluding hydrogens is 285 g/mol. The molecule has 0 unspecified atom stereocenters. The Balaban J connectivity index is -0.0000000896. The normalized spacial score (nSPS) is 9.35. The summed E-state index contributed by atoms with van der Waals surface area (Å²) in [6.07, 6.45) is 0.769. The third kappa shape index (κ3) is 38.1. The minimum atomic E-state index is -3.64. The zero-order chi connectivity index (χ0) is 12.5. The molecule has 0 aromatic heterocycles. The number of carboxylic acids is 2. The van der Waals surface area contributed by atoms with Gasteiger partial charge in [-0.1, -0.05) is 0 Å². The van der Waals surface area contributed by atoms with Crippen LogP contribution < -0.4 is 69.3 Å². The monoisotopic (exact) mass is 292 g/mol. The Morgan fingerprint density at radius 2 is 1.41 bits per heavy atom. The molecule has 11 heteroatoms. The SMILES string of the molecule is O=C([O-])C=CC(=O)[O-].O=S(=O)(O)C[CH2][Na].[Na+].[Na+]. The van der Waals surface area contributed by atoms with Crippen molar-refractivity contribution < 1.29 is 91.9 Å². The molecule has 0 radical (unpaired) electrons. The summed E-state index contributed by atoms with van der Waals surface area (Å²) in [5, 5.41) is 18.8. The molecule has 0 saturated heterocycles. The Kier molecular flexibility index (Phi) is 24.9. The number of aliphatic carboxylic acids is 2. The number of carbonyl (C=O) groups excluding carboxylic acids is 2. The van der Waals surface area contributed by atoms with Crippen molar-refractivity contribution in [3.63, 3.8) is 0 Å². The van der Waals surface area contributed by atoms with Crippen LogP contribution in [0.5, 0.6) is 0 Å². The molecule has 0 aliphatic heterocycles. The molecule has 0 saturated carbocycles. The Morgan fingerprint density at radius 1 is 1.12 bits per heavy atom. The molecule has 17 heavy (non-hydrogen) atoms. The van der Waals surface area contributed by atoms with E-state index in [1.807, 2.05) is 0 Å². The summed E-state index contributed by atoms with van der Waals surface area (Å²) in [6, 6.07) is 0. The quantitative estimate of drug-likeness (QED) is 0.309. The molecule has 0 bridgehead atoms. The van der Waals surface area contributed by atoms with Crippen LogP contribution in [-0.4, -0.2) is 58.6 Å². The van der Waals surface area contributed by atoms with Gasteiger partial charge in [0.15, 0.2) is 0 Å². The molecular formula is C6H7Na3O7S. The van der Waals surface area contributed by atoms with Gasteiger partial charge in [0.05, 0.1) is 11.9 Å². The number of carbonyl (C=O) groups is 2. The van der Waals surface area contributed by atoms with E-state index in [-0.39, 0.29) is 64.9 Å². The predicted octanol–water partition coefficient (Wildman–Crippen LogP) is -9.49. The van der Waals surface area contributed by atoms with E-state index in [0.717, 1.165) is 27.9 Å². The Morgan fingerprint density at radius 3 is 1.47 bits per heavy atom. The summed E-state index contributed by atoms with van der Waals surface area (Å²) >= 11 is 0.831. The summed E-state index contributed by atoms with van der Waals surface area (Å²) in [5.74, 6) is -3.16. The first kappa shape index (κ1) is 27.0. The van der Waals surface area contributed by atoms with Gasteiger partial charge in [-0.05, 0) is 12.2 Å². The van der Waals surface area contributed by atoms with Gasteiger partial charge < -0.3 is 19.8 Å². The average Bonchev–Trinajstić information content (AvgIpc) is 1.99. The summed E-state index contributed by atoms with van der Waals surface area (Å²) in [5.41, 5.74) is 0. The average molecular weight is 292 g/mol. The second kappa shape index (κ2) is 15.6. The van der Waals surface area contributed by atoms with Crippen molar-refractivity contribution in [2.24, 2.45) is 0 Å². The fourth-order valence-electron chi connectivity index (χ4n) is 0.394. The van der Waals surface area contributed by atoms with Crippen LogP contribution in [0.1, 0.15) is 0 Å². The van der Waals surface area contributed by atoms with E-state index < -0.39 is 22.1 Å². The van der Waals surface area contributed by atoms with Crippen LogP contribution in [0.2, 0.25) is 3.67 Å².